The lowest BCUT2D eigenvalue weighted by Crippen LogP contribution is -2.39. The predicted octanol–water partition coefficient (Wildman–Crippen LogP) is 2.55. The summed E-state index contributed by atoms with van der Waals surface area (Å²) in [5, 5.41) is 11.6. The van der Waals surface area contributed by atoms with Crippen LogP contribution >= 0.6 is 15.9 Å². The fourth-order valence-electron chi connectivity index (χ4n) is 2.38. The first-order chi connectivity index (χ1) is 9.49. The van der Waals surface area contributed by atoms with Crippen LogP contribution in [0.4, 0.5) is 4.79 Å². The van der Waals surface area contributed by atoms with E-state index in [1.807, 2.05) is 18.2 Å². The Labute approximate surface area is 126 Å². The van der Waals surface area contributed by atoms with Crippen molar-refractivity contribution >= 4 is 27.9 Å². The van der Waals surface area contributed by atoms with E-state index in [2.05, 4.69) is 21.2 Å². The van der Waals surface area contributed by atoms with E-state index in [4.69, 9.17) is 5.11 Å². The molecule has 1 unspecified atom stereocenters. The van der Waals surface area contributed by atoms with E-state index in [9.17, 15) is 9.59 Å². The van der Waals surface area contributed by atoms with Crippen molar-refractivity contribution in [1.29, 1.82) is 0 Å². The second-order valence-corrected chi connectivity index (χ2v) is 5.77. The summed E-state index contributed by atoms with van der Waals surface area (Å²) in [4.78, 5) is 23.9. The van der Waals surface area contributed by atoms with Gasteiger partial charge in [-0.05, 0) is 30.0 Å². The second-order valence-electron chi connectivity index (χ2n) is 4.91. The zero-order chi connectivity index (χ0) is 14.7. The van der Waals surface area contributed by atoms with E-state index in [0.29, 0.717) is 0 Å². The minimum Gasteiger partial charge on any atom is -0.481 e. The van der Waals surface area contributed by atoms with Gasteiger partial charge < -0.3 is 15.3 Å². The highest BCUT2D eigenvalue weighted by Gasteiger charge is 2.26. The number of carboxylic acid groups (broad SMARTS) is 1. The monoisotopic (exact) mass is 340 g/mol. The lowest BCUT2D eigenvalue weighted by atomic mass is 10.1. The lowest BCUT2D eigenvalue weighted by Gasteiger charge is -2.21. The number of benzene rings is 1. The maximum absolute atomic E-state index is 12.0. The summed E-state index contributed by atoms with van der Waals surface area (Å²) in [5.74, 6) is -0.903. The van der Waals surface area contributed by atoms with Crippen LogP contribution in [0.25, 0.3) is 0 Å². The molecule has 20 heavy (non-hydrogen) atoms. The molecule has 2 N–H and O–H groups in total. The summed E-state index contributed by atoms with van der Waals surface area (Å²) < 4.78 is 1.07. The molecule has 6 heteroatoms. The number of carbonyl (C=O) groups excluding carboxylic acids is 1. The van der Waals surface area contributed by atoms with E-state index in [0.717, 1.165) is 22.9 Å². The maximum atomic E-state index is 12.0. The first-order valence-corrected chi connectivity index (χ1v) is 7.29. The van der Waals surface area contributed by atoms with Gasteiger partial charge in [-0.15, -0.1) is 0 Å². The molecule has 0 saturated heterocycles. The fraction of sp³-hybridized carbons (Fsp3) is 0.429. The van der Waals surface area contributed by atoms with Crippen LogP contribution in [0.15, 0.2) is 22.7 Å². The van der Waals surface area contributed by atoms with Crippen molar-refractivity contribution in [2.24, 2.45) is 0 Å². The highest BCUT2D eigenvalue weighted by atomic mass is 79.9. The van der Waals surface area contributed by atoms with E-state index in [1.165, 1.54) is 10.5 Å². The van der Waals surface area contributed by atoms with Gasteiger partial charge in [0.05, 0.1) is 12.5 Å². The SMILES string of the molecule is CN(CCC(=O)O)C(=O)NC1CCc2c(Br)cccc21. The molecule has 1 aromatic rings. The molecule has 1 aliphatic carbocycles. The van der Waals surface area contributed by atoms with Crippen LogP contribution in [0.2, 0.25) is 0 Å². The lowest BCUT2D eigenvalue weighted by molar-refractivity contribution is -0.137. The first-order valence-electron chi connectivity index (χ1n) is 6.49. The molecule has 108 valence electrons. The number of halogens is 1. The van der Waals surface area contributed by atoms with Crippen LogP contribution in [-0.4, -0.2) is 35.6 Å². The molecule has 2 amide bonds. The number of carbonyl (C=O) groups is 2. The third-order valence-corrected chi connectivity index (χ3v) is 4.26. The molecule has 2 rings (SSSR count). The summed E-state index contributed by atoms with van der Waals surface area (Å²) in [5.41, 5.74) is 2.38. The largest absolute Gasteiger partial charge is 0.481 e. The molecule has 0 spiro atoms. The smallest absolute Gasteiger partial charge is 0.317 e. The molecule has 0 fully saturated rings. The van der Waals surface area contributed by atoms with Crippen molar-refractivity contribution in [2.45, 2.75) is 25.3 Å². The number of carboxylic acids is 1. The number of fused-ring (bicyclic) bond motifs is 1. The average Bonchev–Trinajstić information content (AvgIpc) is 2.80. The summed E-state index contributed by atoms with van der Waals surface area (Å²) in [7, 11) is 1.61. The normalized spacial score (nSPS) is 16.6. The van der Waals surface area contributed by atoms with Crippen LogP contribution in [0.5, 0.6) is 0 Å². The van der Waals surface area contributed by atoms with Crippen molar-refractivity contribution in [3.8, 4) is 0 Å². The van der Waals surface area contributed by atoms with Gasteiger partial charge in [-0.25, -0.2) is 4.79 Å². The van der Waals surface area contributed by atoms with E-state index in [-0.39, 0.29) is 25.0 Å². The molecular formula is C14H17BrN2O3. The van der Waals surface area contributed by atoms with Gasteiger partial charge in [0.2, 0.25) is 0 Å². The van der Waals surface area contributed by atoms with Crippen LogP contribution in [0.3, 0.4) is 0 Å². The van der Waals surface area contributed by atoms with Gasteiger partial charge in [-0.2, -0.15) is 0 Å². The van der Waals surface area contributed by atoms with Crippen LogP contribution in [-0.2, 0) is 11.2 Å². The van der Waals surface area contributed by atoms with Gasteiger partial charge in [-0.1, -0.05) is 28.1 Å². The van der Waals surface area contributed by atoms with Crippen LogP contribution in [0.1, 0.15) is 30.0 Å². The Balaban J connectivity index is 1.97. The van der Waals surface area contributed by atoms with Crippen LogP contribution in [0, 0.1) is 0 Å². The second kappa shape index (κ2) is 6.26. The highest BCUT2D eigenvalue weighted by Crippen LogP contribution is 2.35. The molecule has 0 bridgehead atoms. The average molecular weight is 341 g/mol. The number of aliphatic carboxylic acids is 1. The molecule has 5 nitrogen and oxygen atoms in total. The fourth-order valence-corrected chi connectivity index (χ4v) is 2.96. The summed E-state index contributed by atoms with van der Waals surface area (Å²) in [6, 6.07) is 5.75. The summed E-state index contributed by atoms with van der Waals surface area (Å²) in [6.45, 7) is 0.208. The van der Waals surface area contributed by atoms with Crippen molar-refractivity contribution in [2.75, 3.05) is 13.6 Å². The molecule has 1 atom stereocenters. The minimum atomic E-state index is -0.903. The Hall–Kier alpha value is -1.56. The number of hydrogen-bond donors (Lipinski definition) is 2. The summed E-state index contributed by atoms with van der Waals surface area (Å²) >= 11 is 3.52. The van der Waals surface area contributed by atoms with Crippen molar-refractivity contribution in [1.82, 2.24) is 10.2 Å². The van der Waals surface area contributed by atoms with E-state index >= 15 is 0 Å². The number of amides is 2. The van der Waals surface area contributed by atoms with E-state index < -0.39 is 5.97 Å². The van der Waals surface area contributed by atoms with Gasteiger partial charge in [-0.3, -0.25) is 4.79 Å². The number of urea groups is 1. The van der Waals surface area contributed by atoms with Crippen molar-refractivity contribution < 1.29 is 14.7 Å². The van der Waals surface area contributed by atoms with Gasteiger partial charge in [0.1, 0.15) is 0 Å². The zero-order valence-electron chi connectivity index (χ0n) is 11.2. The van der Waals surface area contributed by atoms with Gasteiger partial charge in [0, 0.05) is 18.1 Å². The maximum Gasteiger partial charge on any atom is 0.317 e. The molecule has 1 aliphatic rings. The highest BCUT2D eigenvalue weighted by molar-refractivity contribution is 9.10. The predicted molar refractivity (Wildman–Crippen MR) is 78.6 cm³/mol. The Bertz CT molecular complexity index is 533. The third-order valence-electron chi connectivity index (χ3n) is 3.52. The molecular weight excluding hydrogens is 324 g/mol. The van der Waals surface area contributed by atoms with Gasteiger partial charge in [0.25, 0.3) is 0 Å². The first kappa shape index (κ1) is 14.8. The van der Waals surface area contributed by atoms with Crippen molar-refractivity contribution in [3.63, 3.8) is 0 Å². The molecule has 0 heterocycles. The Morgan fingerprint density at radius 1 is 1.50 bits per heavy atom. The topological polar surface area (TPSA) is 69.6 Å². The number of hydrogen-bond acceptors (Lipinski definition) is 2. The van der Waals surface area contributed by atoms with Gasteiger partial charge in [0.15, 0.2) is 0 Å². The molecule has 0 radical (unpaired) electrons. The van der Waals surface area contributed by atoms with Crippen molar-refractivity contribution in [3.05, 3.63) is 33.8 Å². The third kappa shape index (κ3) is 3.30. The van der Waals surface area contributed by atoms with Crippen LogP contribution < -0.4 is 5.32 Å². The zero-order valence-corrected chi connectivity index (χ0v) is 12.8. The molecule has 1 aromatic carbocycles. The molecule has 0 aromatic heterocycles. The standard InChI is InChI=1S/C14H17BrN2O3/c1-17(8-7-13(18)19)14(20)16-12-6-5-9-10(12)3-2-4-11(9)15/h2-4,12H,5-8H2,1H3,(H,16,20)(H,18,19). The summed E-state index contributed by atoms with van der Waals surface area (Å²) in [6.07, 6.45) is 1.76. The number of nitrogens with one attached hydrogen (secondary N) is 1. The Kier molecular flexibility index (Phi) is 4.65. The Morgan fingerprint density at radius 2 is 2.25 bits per heavy atom. The Morgan fingerprint density at radius 3 is 2.95 bits per heavy atom. The molecule has 0 saturated carbocycles. The van der Waals surface area contributed by atoms with E-state index in [1.54, 1.807) is 7.05 Å². The minimum absolute atomic E-state index is 0.00211. The quantitative estimate of drug-likeness (QED) is 0.884. The van der Waals surface area contributed by atoms with Gasteiger partial charge >= 0.3 is 12.0 Å². The number of rotatable bonds is 4. The molecule has 0 aliphatic heterocycles. The number of nitrogens with zero attached hydrogens (tertiary/aromatic N) is 1.